The molecule has 5 heteroatoms. The Hall–Kier alpha value is -2.82. The number of amides is 3. The third kappa shape index (κ3) is 2.85. The van der Waals surface area contributed by atoms with E-state index in [9.17, 15) is 9.59 Å². The summed E-state index contributed by atoms with van der Waals surface area (Å²) in [5.74, 6) is 0.493. The maximum Gasteiger partial charge on any atom is 0.325 e. The Kier molecular flexibility index (Phi) is 4.51. The van der Waals surface area contributed by atoms with Crippen molar-refractivity contribution in [3.8, 4) is 5.75 Å². The molecule has 3 amide bonds. The van der Waals surface area contributed by atoms with Crippen molar-refractivity contribution in [3.63, 3.8) is 0 Å². The topological polar surface area (TPSA) is 58.6 Å². The largest absolute Gasteiger partial charge is 0.492 e. The van der Waals surface area contributed by atoms with Crippen molar-refractivity contribution >= 4 is 11.9 Å². The number of carbonyl (C=O) groups excluding carboxylic acids is 2. The second-order valence-electron chi connectivity index (χ2n) is 5.67. The Morgan fingerprint density at radius 2 is 1.62 bits per heavy atom. The summed E-state index contributed by atoms with van der Waals surface area (Å²) in [6.07, 6.45) is 0.498. The van der Waals surface area contributed by atoms with E-state index in [1.165, 1.54) is 4.90 Å². The highest BCUT2D eigenvalue weighted by Gasteiger charge is 2.50. The molecule has 5 nitrogen and oxygen atoms in total. The van der Waals surface area contributed by atoms with E-state index in [0.29, 0.717) is 6.42 Å². The van der Waals surface area contributed by atoms with E-state index in [-0.39, 0.29) is 25.1 Å². The lowest BCUT2D eigenvalue weighted by Crippen LogP contribution is -2.43. The average Bonchev–Trinajstić information content (AvgIpc) is 2.88. The molecule has 0 unspecified atom stereocenters. The third-order valence-corrected chi connectivity index (χ3v) is 4.30. The van der Waals surface area contributed by atoms with Crippen LogP contribution in [0, 0.1) is 0 Å². The zero-order valence-electron chi connectivity index (χ0n) is 13.6. The average molecular weight is 324 g/mol. The number of urea groups is 1. The lowest BCUT2D eigenvalue weighted by atomic mass is 9.87. The highest BCUT2D eigenvalue weighted by Crippen LogP contribution is 2.32. The third-order valence-electron chi connectivity index (χ3n) is 4.30. The molecule has 2 aromatic rings. The number of carbonyl (C=O) groups is 2. The van der Waals surface area contributed by atoms with Gasteiger partial charge in [-0.15, -0.1) is 0 Å². The van der Waals surface area contributed by atoms with E-state index in [1.807, 2.05) is 67.6 Å². The van der Waals surface area contributed by atoms with Crippen LogP contribution in [-0.4, -0.2) is 30.0 Å². The first kappa shape index (κ1) is 16.1. The van der Waals surface area contributed by atoms with Crippen molar-refractivity contribution < 1.29 is 14.3 Å². The molecule has 3 rings (SSSR count). The van der Waals surface area contributed by atoms with Crippen LogP contribution >= 0.6 is 0 Å². The van der Waals surface area contributed by atoms with E-state index in [4.69, 9.17) is 4.74 Å². The molecule has 0 bridgehead atoms. The number of imide groups is 1. The molecular weight excluding hydrogens is 304 g/mol. The van der Waals surface area contributed by atoms with Crippen molar-refractivity contribution in [1.29, 1.82) is 0 Å². The minimum Gasteiger partial charge on any atom is -0.492 e. The highest BCUT2D eigenvalue weighted by molar-refractivity contribution is 6.07. The van der Waals surface area contributed by atoms with Gasteiger partial charge in [-0.2, -0.15) is 0 Å². The van der Waals surface area contributed by atoms with Gasteiger partial charge < -0.3 is 10.1 Å². The predicted octanol–water partition coefficient (Wildman–Crippen LogP) is 2.92. The molecule has 1 N–H and O–H groups in total. The van der Waals surface area contributed by atoms with Crippen LogP contribution < -0.4 is 10.1 Å². The van der Waals surface area contributed by atoms with Gasteiger partial charge in [0.15, 0.2) is 0 Å². The first-order chi connectivity index (χ1) is 11.7. The summed E-state index contributed by atoms with van der Waals surface area (Å²) in [5, 5.41) is 2.86. The molecule has 0 spiro atoms. The number of hydrogen-bond acceptors (Lipinski definition) is 3. The lowest BCUT2D eigenvalue weighted by Gasteiger charge is -2.25. The summed E-state index contributed by atoms with van der Waals surface area (Å²) in [6, 6.07) is 18.3. The molecule has 0 radical (unpaired) electrons. The minimum atomic E-state index is -0.981. The van der Waals surface area contributed by atoms with Gasteiger partial charge in [-0.3, -0.25) is 9.69 Å². The van der Waals surface area contributed by atoms with Gasteiger partial charge in [-0.05, 0) is 24.1 Å². The smallest absolute Gasteiger partial charge is 0.325 e. The monoisotopic (exact) mass is 324 g/mol. The Morgan fingerprint density at radius 3 is 2.25 bits per heavy atom. The molecule has 1 fully saturated rings. The van der Waals surface area contributed by atoms with Crippen LogP contribution in [0.4, 0.5) is 4.79 Å². The minimum absolute atomic E-state index is 0.216. The molecule has 124 valence electrons. The number of rotatable bonds is 6. The van der Waals surface area contributed by atoms with Crippen molar-refractivity contribution in [2.24, 2.45) is 0 Å². The quantitative estimate of drug-likeness (QED) is 0.831. The van der Waals surface area contributed by atoms with Gasteiger partial charge in [0.1, 0.15) is 17.9 Å². The summed E-state index contributed by atoms with van der Waals surface area (Å²) in [4.78, 5) is 26.4. The van der Waals surface area contributed by atoms with E-state index >= 15 is 0 Å². The number of para-hydroxylation sites is 1. The van der Waals surface area contributed by atoms with Crippen LogP contribution in [-0.2, 0) is 10.3 Å². The van der Waals surface area contributed by atoms with Gasteiger partial charge in [0.2, 0.25) is 0 Å². The van der Waals surface area contributed by atoms with E-state index < -0.39 is 5.54 Å². The van der Waals surface area contributed by atoms with Gasteiger partial charge in [0.25, 0.3) is 5.91 Å². The zero-order valence-corrected chi connectivity index (χ0v) is 13.6. The van der Waals surface area contributed by atoms with Gasteiger partial charge in [0.05, 0.1) is 6.54 Å². The van der Waals surface area contributed by atoms with Gasteiger partial charge in [-0.25, -0.2) is 4.79 Å². The van der Waals surface area contributed by atoms with Crippen molar-refractivity contribution in [2.45, 2.75) is 18.9 Å². The number of nitrogens with one attached hydrogen (secondary N) is 1. The SMILES string of the molecule is CC[C@@]1(c2ccccc2)NC(=O)N(CCOc2ccccc2)C1=O. The summed E-state index contributed by atoms with van der Waals surface area (Å²) in [6.45, 7) is 2.38. The molecule has 1 aliphatic heterocycles. The normalized spacial score (nSPS) is 20.1. The van der Waals surface area contributed by atoms with Gasteiger partial charge in [-0.1, -0.05) is 55.5 Å². The number of hydrogen-bond donors (Lipinski definition) is 1. The second kappa shape index (κ2) is 6.74. The number of ether oxygens (including phenoxy) is 1. The van der Waals surface area contributed by atoms with Crippen LogP contribution in [0.15, 0.2) is 60.7 Å². The highest BCUT2D eigenvalue weighted by atomic mass is 16.5. The standard InChI is InChI=1S/C19H20N2O3/c1-2-19(15-9-5-3-6-10-15)17(22)21(18(23)20-19)13-14-24-16-11-7-4-8-12-16/h3-12H,2,13-14H2,1H3,(H,20,23)/t19-/m0/s1. The molecule has 0 aromatic heterocycles. The van der Waals surface area contributed by atoms with Crippen LogP contribution in [0.1, 0.15) is 18.9 Å². The first-order valence-electron chi connectivity index (χ1n) is 8.05. The second-order valence-corrected chi connectivity index (χ2v) is 5.67. The van der Waals surface area contributed by atoms with Crippen molar-refractivity contribution in [2.75, 3.05) is 13.2 Å². The molecule has 24 heavy (non-hydrogen) atoms. The molecule has 2 aromatic carbocycles. The lowest BCUT2D eigenvalue weighted by molar-refractivity contribution is -0.132. The molecular formula is C19H20N2O3. The van der Waals surface area contributed by atoms with E-state index in [1.54, 1.807) is 0 Å². The van der Waals surface area contributed by atoms with Crippen molar-refractivity contribution in [1.82, 2.24) is 10.2 Å². The Balaban J connectivity index is 1.71. The Bertz CT molecular complexity index is 718. The van der Waals surface area contributed by atoms with E-state index in [0.717, 1.165) is 11.3 Å². The van der Waals surface area contributed by atoms with Crippen molar-refractivity contribution in [3.05, 3.63) is 66.2 Å². The Labute approximate surface area is 141 Å². The molecule has 1 saturated heterocycles. The Morgan fingerprint density at radius 1 is 1.00 bits per heavy atom. The molecule has 1 aliphatic rings. The summed E-state index contributed by atoms with van der Waals surface area (Å²) in [7, 11) is 0. The fourth-order valence-corrected chi connectivity index (χ4v) is 2.96. The molecule has 0 saturated carbocycles. The maximum absolute atomic E-state index is 12.9. The summed E-state index contributed by atoms with van der Waals surface area (Å²) in [5.41, 5.74) is -0.178. The number of benzene rings is 2. The molecule has 1 atom stereocenters. The zero-order chi connectivity index (χ0) is 17.0. The fourth-order valence-electron chi connectivity index (χ4n) is 2.96. The van der Waals surface area contributed by atoms with Crippen LogP contribution in [0.2, 0.25) is 0 Å². The van der Waals surface area contributed by atoms with Crippen LogP contribution in [0.25, 0.3) is 0 Å². The maximum atomic E-state index is 12.9. The molecule has 1 heterocycles. The van der Waals surface area contributed by atoms with Gasteiger partial charge >= 0.3 is 6.03 Å². The first-order valence-corrected chi connectivity index (χ1v) is 8.05. The van der Waals surface area contributed by atoms with Crippen LogP contribution in [0.5, 0.6) is 5.75 Å². The van der Waals surface area contributed by atoms with Gasteiger partial charge in [0, 0.05) is 0 Å². The number of nitrogens with zero attached hydrogens (tertiary/aromatic N) is 1. The predicted molar refractivity (Wildman–Crippen MR) is 90.6 cm³/mol. The molecule has 0 aliphatic carbocycles. The van der Waals surface area contributed by atoms with E-state index in [2.05, 4.69) is 5.32 Å². The summed E-state index contributed by atoms with van der Waals surface area (Å²) >= 11 is 0. The fraction of sp³-hybridized carbons (Fsp3) is 0.263. The summed E-state index contributed by atoms with van der Waals surface area (Å²) < 4.78 is 5.60. The van der Waals surface area contributed by atoms with Crippen LogP contribution in [0.3, 0.4) is 0 Å².